The van der Waals surface area contributed by atoms with Crippen LogP contribution in [-0.4, -0.2) is 19.9 Å². The van der Waals surface area contributed by atoms with Crippen LogP contribution in [-0.2, 0) is 0 Å². The van der Waals surface area contributed by atoms with Crippen LogP contribution < -0.4 is 5.73 Å². The number of nitrogens with zero attached hydrogens (tertiary/aromatic N) is 3. The molecule has 0 fully saturated rings. The van der Waals surface area contributed by atoms with E-state index in [0.29, 0.717) is 17.0 Å². The number of H-pyrrole nitrogens is 1. The molecular weight excluding hydrogens is 370 g/mol. The van der Waals surface area contributed by atoms with Crippen molar-refractivity contribution < 1.29 is 0 Å². The van der Waals surface area contributed by atoms with Gasteiger partial charge in [-0.2, -0.15) is 0 Å². The van der Waals surface area contributed by atoms with Gasteiger partial charge in [0.25, 0.3) is 0 Å². The Labute approximate surface area is 117 Å². The average Bonchev–Trinajstić information content (AvgIpc) is 2.85. The number of aromatic nitrogens is 4. The van der Waals surface area contributed by atoms with E-state index in [1.165, 1.54) is 6.33 Å². The van der Waals surface area contributed by atoms with Gasteiger partial charge in [-0.05, 0) is 37.9 Å². The highest BCUT2D eigenvalue weighted by atomic mass is 79.9. The summed E-state index contributed by atoms with van der Waals surface area (Å²) in [7, 11) is 0. The van der Waals surface area contributed by atoms with Crippen LogP contribution in [0.5, 0.6) is 0 Å². The fourth-order valence-electron chi connectivity index (χ4n) is 1.43. The first-order valence-corrected chi connectivity index (χ1v) is 6.97. The van der Waals surface area contributed by atoms with Crippen molar-refractivity contribution in [3.8, 4) is 10.7 Å². The summed E-state index contributed by atoms with van der Waals surface area (Å²) in [6.45, 7) is 0. The molecule has 0 aromatic carbocycles. The number of hydrogen-bond acceptors (Lipinski definition) is 5. The molecule has 3 aromatic rings. The molecule has 3 rings (SSSR count). The van der Waals surface area contributed by atoms with Gasteiger partial charge in [0.1, 0.15) is 11.8 Å². The normalized spacial score (nSPS) is 11.2. The Kier molecular flexibility index (Phi) is 2.64. The molecule has 0 aliphatic rings. The minimum absolute atomic E-state index is 0.406. The van der Waals surface area contributed by atoms with E-state index in [1.54, 1.807) is 11.3 Å². The van der Waals surface area contributed by atoms with Gasteiger partial charge in [-0.1, -0.05) is 0 Å². The number of imidazole rings is 1. The Hall–Kier alpha value is -0.990. The van der Waals surface area contributed by atoms with E-state index < -0.39 is 0 Å². The molecule has 8 heteroatoms. The first-order chi connectivity index (χ1) is 8.15. The van der Waals surface area contributed by atoms with E-state index in [-0.39, 0.29) is 0 Å². The van der Waals surface area contributed by atoms with Gasteiger partial charge in [-0.15, -0.1) is 11.3 Å². The first kappa shape index (κ1) is 11.1. The number of anilines is 1. The zero-order chi connectivity index (χ0) is 12.0. The fourth-order valence-corrected chi connectivity index (χ4v) is 3.41. The summed E-state index contributed by atoms with van der Waals surface area (Å²) in [6.07, 6.45) is 1.41. The Morgan fingerprint density at radius 1 is 1.29 bits per heavy atom. The number of hydrogen-bond donors (Lipinski definition) is 2. The van der Waals surface area contributed by atoms with Crippen LogP contribution in [0.25, 0.3) is 21.9 Å². The van der Waals surface area contributed by atoms with Crippen LogP contribution in [0.3, 0.4) is 0 Å². The SMILES string of the molecule is Nc1ncnc2nc(-c3cc(Br)c(Br)s3)[nH]c12. The van der Waals surface area contributed by atoms with E-state index in [2.05, 4.69) is 51.8 Å². The fraction of sp³-hybridized carbons (Fsp3) is 0. The Balaban J connectivity index is 2.21. The summed E-state index contributed by atoms with van der Waals surface area (Å²) in [4.78, 5) is 16.5. The molecule has 0 unspecified atom stereocenters. The highest BCUT2D eigenvalue weighted by Gasteiger charge is 2.12. The molecule has 0 bridgehead atoms. The molecule has 3 heterocycles. The van der Waals surface area contributed by atoms with Crippen LogP contribution >= 0.6 is 43.2 Å². The van der Waals surface area contributed by atoms with Crippen molar-refractivity contribution in [3.05, 3.63) is 20.7 Å². The molecule has 3 N–H and O–H groups in total. The van der Waals surface area contributed by atoms with Crippen molar-refractivity contribution in [2.24, 2.45) is 0 Å². The van der Waals surface area contributed by atoms with Crippen molar-refractivity contribution in [2.75, 3.05) is 5.73 Å². The summed E-state index contributed by atoms with van der Waals surface area (Å²) >= 11 is 8.47. The van der Waals surface area contributed by atoms with E-state index in [1.807, 2.05) is 6.07 Å². The number of aromatic amines is 1. The van der Waals surface area contributed by atoms with Crippen LogP contribution in [0.2, 0.25) is 0 Å². The summed E-state index contributed by atoms with van der Waals surface area (Å²) in [5.41, 5.74) is 6.99. The molecule has 0 amide bonds. The van der Waals surface area contributed by atoms with E-state index >= 15 is 0 Å². The maximum atomic E-state index is 5.75. The smallest absolute Gasteiger partial charge is 0.183 e. The first-order valence-electron chi connectivity index (χ1n) is 4.56. The third-order valence-electron chi connectivity index (χ3n) is 2.20. The number of halogens is 2. The van der Waals surface area contributed by atoms with Crippen LogP contribution in [0.4, 0.5) is 5.82 Å². The minimum atomic E-state index is 0.406. The molecule has 17 heavy (non-hydrogen) atoms. The van der Waals surface area contributed by atoms with Gasteiger partial charge in [-0.25, -0.2) is 15.0 Å². The topological polar surface area (TPSA) is 80.5 Å². The second-order valence-electron chi connectivity index (χ2n) is 3.28. The zero-order valence-electron chi connectivity index (χ0n) is 8.24. The lowest BCUT2D eigenvalue weighted by molar-refractivity contribution is 1.21. The van der Waals surface area contributed by atoms with Crippen molar-refractivity contribution in [1.29, 1.82) is 0 Å². The number of thiophene rings is 1. The zero-order valence-corrected chi connectivity index (χ0v) is 12.2. The van der Waals surface area contributed by atoms with Gasteiger partial charge in [0.15, 0.2) is 17.3 Å². The van der Waals surface area contributed by atoms with Gasteiger partial charge in [0.05, 0.1) is 8.66 Å². The highest BCUT2D eigenvalue weighted by Crippen LogP contribution is 2.37. The number of nitrogens with one attached hydrogen (secondary N) is 1. The van der Waals surface area contributed by atoms with Crippen LogP contribution in [0, 0.1) is 0 Å². The Bertz CT molecular complexity index is 685. The molecule has 0 atom stereocenters. The van der Waals surface area contributed by atoms with Crippen molar-refractivity contribution in [2.45, 2.75) is 0 Å². The third kappa shape index (κ3) is 1.85. The maximum Gasteiger partial charge on any atom is 0.183 e. The molecule has 86 valence electrons. The summed E-state index contributed by atoms with van der Waals surface area (Å²) in [5, 5.41) is 0. The quantitative estimate of drug-likeness (QED) is 0.685. The summed E-state index contributed by atoms with van der Waals surface area (Å²) in [6, 6.07) is 1.98. The lowest BCUT2D eigenvalue weighted by Crippen LogP contribution is -1.91. The highest BCUT2D eigenvalue weighted by molar-refractivity contribution is 9.13. The molecule has 0 saturated carbocycles. The molecule has 0 radical (unpaired) electrons. The lowest BCUT2D eigenvalue weighted by atomic mass is 10.4. The van der Waals surface area contributed by atoms with Crippen LogP contribution in [0.15, 0.2) is 20.7 Å². The van der Waals surface area contributed by atoms with Crippen molar-refractivity contribution in [3.63, 3.8) is 0 Å². The van der Waals surface area contributed by atoms with E-state index in [0.717, 1.165) is 19.0 Å². The second-order valence-corrected chi connectivity index (χ2v) is 6.50. The predicted molar refractivity (Wildman–Crippen MR) is 74.8 cm³/mol. The van der Waals surface area contributed by atoms with Crippen molar-refractivity contribution in [1.82, 2.24) is 19.9 Å². The minimum Gasteiger partial charge on any atom is -0.382 e. The molecule has 0 aliphatic carbocycles. The number of fused-ring (bicyclic) bond motifs is 1. The third-order valence-corrected chi connectivity index (χ3v) is 5.46. The lowest BCUT2D eigenvalue weighted by Gasteiger charge is -1.90. The monoisotopic (exact) mass is 373 g/mol. The second kappa shape index (κ2) is 4.04. The van der Waals surface area contributed by atoms with Gasteiger partial charge < -0.3 is 10.7 Å². The van der Waals surface area contributed by atoms with Gasteiger partial charge in [-0.3, -0.25) is 0 Å². The maximum absolute atomic E-state index is 5.75. The van der Waals surface area contributed by atoms with E-state index in [4.69, 9.17) is 5.73 Å². The molecule has 0 aliphatic heterocycles. The summed E-state index contributed by atoms with van der Waals surface area (Å²) in [5.74, 6) is 1.15. The largest absolute Gasteiger partial charge is 0.382 e. The Morgan fingerprint density at radius 3 is 2.76 bits per heavy atom. The number of nitrogens with two attached hydrogens (primary N) is 1. The number of rotatable bonds is 1. The average molecular weight is 375 g/mol. The number of nitrogen functional groups attached to an aromatic ring is 1. The molecule has 5 nitrogen and oxygen atoms in total. The molecule has 0 spiro atoms. The van der Waals surface area contributed by atoms with Gasteiger partial charge in [0, 0.05) is 4.47 Å². The van der Waals surface area contributed by atoms with Crippen LogP contribution in [0.1, 0.15) is 0 Å². The van der Waals surface area contributed by atoms with Crippen molar-refractivity contribution >= 4 is 60.2 Å². The van der Waals surface area contributed by atoms with Gasteiger partial charge >= 0.3 is 0 Å². The molecule has 0 saturated heterocycles. The summed E-state index contributed by atoms with van der Waals surface area (Å²) < 4.78 is 2.02. The molecule has 3 aromatic heterocycles. The van der Waals surface area contributed by atoms with Gasteiger partial charge in [0.2, 0.25) is 0 Å². The predicted octanol–water partition coefficient (Wildman–Crippen LogP) is 3.19. The standard InChI is InChI=1S/C9H5Br2N5S/c10-3-1-4(17-6(3)11)8-15-5-7(12)13-2-14-9(5)16-8/h1-2H,(H3,12,13,14,15,16). The Morgan fingerprint density at radius 2 is 2.12 bits per heavy atom. The molecular formula is C9H5Br2N5S. The van der Waals surface area contributed by atoms with E-state index in [9.17, 15) is 0 Å².